The topological polar surface area (TPSA) is 49.4 Å². The minimum absolute atomic E-state index is 0.0935. The number of benzene rings is 1. The van der Waals surface area contributed by atoms with E-state index in [1.807, 2.05) is 39.8 Å². The second-order valence-electron chi connectivity index (χ2n) is 5.93. The zero-order valence-electron chi connectivity index (χ0n) is 13.4. The Morgan fingerprint density at radius 3 is 2.38 bits per heavy atom. The molecule has 0 radical (unpaired) electrons. The van der Waals surface area contributed by atoms with Gasteiger partial charge in [0.1, 0.15) is 0 Å². The highest BCUT2D eigenvalue weighted by atomic mass is 32.2. The van der Waals surface area contributed by atoms with Gasteiger partial charge in [0.05, 0.1) is 4.90 Å². The van der Waals surface area contributed by atoms with Crippen molar-refractivity contribution in [2.45, 2.75) is 57.9 Å². The van der Waals surface area contributed by atoms with Crippen LogP contribution in [0.2, 0.25) is 0 Å². The molecule has 0 amide bonds. The lowest BCUT2D eigenvalue weighted by Crippen LogP contribution is -2.42. The van der Waals surface area contributed by atoms with E-state index in [-0.39, 0.29) is 6.04 Å². The first-order valence-electron chi connectivity index (χ1n) is 7.75. The third-order valence-electron chi connectivity index (χ3n) is 4.15. The van der Waals surface area contributed by atoms with Crippen LogP contribution in [0, 0.1) is 13.8 Å². The predicted molar refractivity (Wildman–Crippen MR) is 87.3 cm³/mol. The average molecular weight is 310 g/mol. The van der Waals surface area contributed by atoms with Crippen molar-refractivity contribution in [2.75, 3.05) is 18.4 Å². The molecular formula is C16H26N2O2S. The van der Waals surface area contributed by atoms with E-state index in [4.69, 9.17) is 0 Å². The second kappa shape index (κ2) is 6.36. The van der Waals surface area contributed by atoms with E-state index < -0.39 is 10.0 Å². The van der Waals surface area contributed by atoms with E-state index in [2.05, 4.69) is 5.32 Å². The number of anilines is 1. The molecule has 0 bridgehead atoms. The highest BCUT2D eigenvalue weighted by Crippen LogP contribution is 2.30. The molecule has 1 N–H and O–H groups in total. The van der Waals surface area contributed by atoms with Crippen LogP contribution in [0.25, 0.3) is 0 Å². The van der Waals surface area contributed by atoms with Crippen LogP contribution in [0.15, 0.2) is 17.0 Å². The fourth-order valence-electron chi connectivity index (χ4n) is 3.21. The van der Waals surface area contributed by atoms with Crippen molar-refractivity contribution in [3.05, 3.63) is 23.3 Å². The molecule has 1 atom stereocenters. The molecule has 1 aromatic rings. The monoisotopic (exact) mass is 310 g/mol. The van der Waals surface area contributed by atoms with Crippen molar-refractivity contribution in [3.63, 3.8) is 0 Å². The van der Waals surface area contributed by atoms with Gasteiger partial charge in [-0.3, -0.25) is 0 Å². The molecule has 0 aliphatic carbocycles. The number of nitrogens with one attached hydrogen (secondary N) is 1. The van der Waals surface area contributed by atoms with Crippen molar-refractivity contribution in [3.8, 4) is 0 Å². The smallest absolute Gasteiger partial charge is 0.243 e. The predicted octanol–water partition coefficient (Wildman–Crippen LogP) is 3.30. The molecule has 21 heavy (non-hydrogen) atoms. The van der Waals surface area contributed by atoms with Gasteiger partial charge in [0.15, 0.2) is 0 Å². The standard InChI is InChI=1S/C16H26N2O2S/c1-5-17-15-10-12(2)16(13(3)11-15)21(19,20)18-9-7-6-8-14(18)4/h10-11,14,17H,5-9H2,1-4H3. The molecule has 0 spiro atoms. The molecular weight excluding hydrogens is 284 g/mol. The quantitative estimate of drug-likeness (QED) is 0.928. The fourth-order valence-corrected chi connectivity index (χ4v) is 5.32. The molecule has 1 saturated heterocycles. The lowest BCUT2D eigenvalue weighted by atomic mass is 10.1. The van der Waals surface area contributed by atoms with Crippen LogP contribution >= 0.6 is 0 Å². The Labute approximate surface area is 128 Å². The van der Waals surface area contributed by atoms with Gasteiger partial charge in [-0.05, 0) is 63.8 Å². The molecule has 1 aliphatic heterocycles. The van der Waals surface area contributed by atoms with Crippen LogP contribution in [-0.4, -0.2) is 31.9 Å². The molecule has 1 fully saturated rings. The van der Waals surface area contributed by atoms with E-state index in [9.17, 15) is 8.42 Å². The largest absolute Gasteiger partial charge is 0.385 e. The number of rotatable bonds is 4. The maximum Gasteiger partial charge on any atom is 0.243 e. The van der Waals surface area contributed by atoms with Crippen molar-refractivity contribution in [1.29, 1.82) is 0 Å². The van der Waals surface area contributed by atoms with Crippen LogP contribution in [0.1, 0.15) is 44.2 Å². The Kier molecular flexibility index (Phi) is 4.94. The van der Waals surface area contributed by atoms with Gasteiger partial charge in [-0.2, -0.15) is 4.31 Å². The summed E-state index contributed by atoms with van der Waals surface area (Å²) in [5.74, 6) is 0. The van der Waals surface area contributed by atoms with Gasteiger partial charge in [-0.1, -0.05) is 6.42 Å². The lowest BCUT2D eigenvalue weighted by Gasteiger charge is -2.33. The Morgan fingerprint density at radius 1 is 1.24 bits per heavy atom. The molecule has 1 heterocycles. The normalized spacial score (nSPS) is 20.5. The van der Waals surface area contributed by atoms with Crippen molar-refractivity contribution in [2.24, 2.45) is 0 Å². The minimum Gasteiger partial charge on any atom is -0.385 e. The summed E-state index contributed by atoms with van der Waals surface area (Å²) in [4.78, 5) is 0.484. The van der Waals surface area contributed by atoms with Gasteiger partial charge in [0.25, 0.3) is 0 Å². The van der Waals surface area contributed by atoms with Gasteiger partial charge in [0, 0.05) is 24.8 Å². The first kappa shape index (κ1) is 16.3. The van der Waals surface area contributed by atoms with Gasteiger partial charge < -0.3 is 5.32 Å². The first-order valence-corrected chi connectivity index (χ1v) is 9.19. The summed E-state index contributed by atoms with van der Waals surface area (Å²) in [5, 5.41) is 3.25. The van der Waals surface area contributed by atoms with Crippen LogP contribution in [0.3, 0.4) is 0 Å². The Morgan fingerprint density at radius 2 is 1.86 bits per heavy atom. The minimum atomic E-state index is -3.40. The summed E-state index contributed by atoms with van der Waals surface area (Å²) in [6.45, 7) is 9.27. The maximum absolute atomic E-state index is 13.0. The summed E-state index contributed by atoms with van der Waals surface area (Å²) in [7, 11) is -3.40. The number of hydrogen-bond acceptors (Lipinski definition) is 3. The Bertz CT molecular complexity index is 588. The summed E-state index contributed by atoms with van der Waals surface area (Å²) in [5.41, 5.74) is 2.63. The third kappa shape index (κ3) is 3.24. The van der Waals surface area contributed by atoms with E-state index in [1.54, 1.807) is 4.31 Å². The summed E-state index contributed by atoms with van der Waals surface area (Å²) < 4.78 is 27.7. The first-order chi connectivity index (χ1) is 9.87. The molecule has 2 rings (SSSR count). The molecule has 1 unspecified atom stereocenters. The molecule has 1 aromatic carbocycles. The van der Waals surface area contributed by atoms with Crippen LogP contribution in [0.5, 0.6) is 0 Å². The summed E-state index contributed by atoms with van der Waals surface area (Å²) in [6, 6.07) is 3.95. The van der Waals surface area contributed by atoms with Crippen LogP contribution < -0.4 is 5.32 Å². The molecule has 1 aliphatic rings. The highest BCUT2D eigenvalue weighted by molar-refractivity contribution is 7.89. The van der Waals surface area contributed by atoms with Crippen molar-refractivity contribution >= 4 is 15.7 Å². The number of piperidine rings is 1. The zero-order valence-corrected chi connectivity index (χ0v) is 14.3. The average Bonchev–Trinajstić information content (AvgIpc) is 2.38. The zero-order chi connectivity index (χ0) is 15.6. The highest BCUT2D eigenvalue weighted by Gasteiger charge is 2.33. The van der Waals surface area contributed by atoms with Crippen molar-refractivity contribution in [1.82, 2.24) is 4.31 Å². The van der Waals surface area contributed by atoms with E-state index >= 15 is 0 Å². The Hall–Kier alpha value is -1.07. The van der Waals surface area contributed by atoms with E-state index in [1.165, 1.54) is 0 Å². The van der Waals surface area contributed by atoms with Gasteiger partial charge in [-0.25, -0.2) is 8.42 Å². The van der Waals surface area contributed by atoms with Gasteiger partial charge in [-0.15, -0.1) is 0 Å². The molecule has 0 saturated carbocycles. The van der Waals surface area contributed by atoms with Gasteiger partial charge >= 0.3 is 0 Å². The second-order valence-corrected chi connectivity index (χ2v) is 7.76. The molecule has 118 valence electrons. The number of aryl methyl sites for hydroxylation is 2. The molecule has 5 heteroatoms. The molecule has 4 nitrogen and oxygen atoms in total. The SMILES string of the molecule is CCNc1cc(C)c(S(=O)(=O)N2CCCCC2C)c(C)c1. The number of nitrogens with zero attached hydrogens (tertiary/aromatic N) is 1. The van der Waals surface area contributed by atoms with E-state index in [0.29, 0.717) is 11.4 Å². The third-order valence-corrected chi connectivity index (χ3v) is 6.47. The number of sulfonamides is 1. The van der Waals surface area contributed by atoms with Crippen LogP contribution in [-0.2, 0) is 10.0 Å². The molecule has 0 aromatic heterocycles. The summed E-state index contributed by atoms with van der Waals surface area (Å²) in [6.07, 6.45) is 3.02. The van der Waals surface area contributed by atoms with Gasteiger partial charge in [0.2, 0.25) is 10.0 Å². The van der Waals surface area contributed by atoms with Crippen LogP contribution in [0.4, 0.5) is 5.69 Å². The van der Waals surface area contributed by atoms with E-state index in [0.717, 1.165) is 42.6 Å². The van der Waals surface area contributed by atoms with Crippen molar-refractivity contribution < 1.29 is 8.42 Å². The summed E-state index contributed by atoms with van der Waals surface area (Å²) >= 11 is 0. The number of hydrogen-bond donors (Lipinski definition) is 1. The fraction of sp³-hybridized carbons (Fsp3) is 0.625. The Balaban J connectivity index is 2.44. The maximum atomic E-state index is 13.0. The lowest BCUT2D eigenvalue weighted by molar-refractivity contribution is 0.268.